The summed E-state index contributed by atoms with van der Waals surface area (Å²) < 4.78 is 32.5. The van der Waals surface area contributed by atoms with Crippen molar-refractivity contribution in [1.82, 2.24) is 0 Å². The molecular weight excluding hydrogens is 592 g/mol. The lowest BCUT2D eigenvalue weighted by Gasteiger charge is -2.16. The molecule has 0 atom stereocenters. The van der Waals surface area contributed by atoms with E-state index in [4.69, 9.17) is 28.4 Å². The van der Waals surface area contributed by atoms with E-state index in [0.717, 1.165) is 0 Å². The summed E-state index contributed by atoms with van der Waals surface area (Å²) in [6.45, 7) is 13.4. The van der Waals surface area contributed by atoms with Crippen molar-refractivity contribution in [1.29, 1.82) is 0 Å². The second-order valence-corrected chi connectivity index (χ2v) is 11.5. The van der Waals surface area contributed by atoms with E-state index in [0.29, 0.717) is 71.3 Å². The Morgan fingerprint density at radius 2 is 1.13 bits per heavy atom. The van der Waals surface area contributed by atoms with Crippen LogP contribution in [0.5, 0.6) is 23.0 Å². The van der Waals surface area contributed by atoms with Crippen LogP contribution in [0.25, 0.3) is 0 Å². The van der Waals surface area contributed by atoms with Gasteiger partial charge >= 0.3 is 23.9 Å². The van der Waals surface area contributed by atoms with Crippen molar-refractivity contribution in [3.05, 3.63) is 95.6 Å². The van der Waals surface area contributed by atoms with E-state index in [-0.39, 0.29) is 19.2 Å². The first-order valence-corrected chi connectivity index (χ1v) is 14.8. The number of carbonyl (C=O) groups is 4. The minimum Gasteiger partial charge on any atom is -0.493 e. The lowest BCUT2D eigenvalue weighted by molar-refractivity contribution is -0.153. The molecule has 46 heavy (non-hydrogen) atoms. The highest BCUT2D eigenvalue weighted by atomic mass is 16.5. The SMILES string of the molecule is C=C(C)C(=O)OCCCOc1ccc(C(=O)Oc2ccc(OC(=O)c3ccc(OCCCOC(=O)C(C)(C)C)cc3)cc2C)cc1. The molecule has 0 amide bonds. The summed E-state index contributed by atoms with van der Waals surface area (Å²) in [7, 11) is 0. The number of benzene rings is 3. The number of rotatable bonds is 15. The van der Waals surface area contributed by atoms with Crippen LogP contribution in [0.2, 0.25) is 0 Å². The Kier molecular flexibility index (Phi) is 12.9. The van der Waals surface area contributed by atoms with E-state index in [1.807, 2.05) is 0 Å². The molecule has 0 spiro atoms. The second-order valence-electron chi connectivity index (χ2n) is 11.5. The van der Waals surface area contributed by atoms with Gasteiger partial charge in [0.05, 0.1) is 43.0 Å². The summed E-state index contributed by atoms with van der Waals surface area (Å²) in [5.41, 5.74) is 1.06. The van der Waals surface area contributed by atoms with Crippen LogP contribution in [0.3, 0.4) is 0 Å². The number of aryl methyl sites for hydroxylation is 1. The molecule has 3 aromatic rings. The zero-order valence-electron chi connectivity index (χ0n) is 26.9. The van der Waals surface area contributed by atoms with Gasteiger partial charge in [-0.2, -0.15) is 0 Å². The Balaban J connectivity index is 1.43. The molecule has 0 fully saturated rings. The molecule has 10 nitrogen and oxygen atoms in total. The van der Waals surface area contributed by atoms with E-state index in [2.05, 4.69) is 6.58 Å². The molecule has 0 saturated heterocycles. The fourth-order valence-corrected chi connectivity index (χ4v) is 3.67. The molecule has 3 rings (SSSR count). The van der Waals surface area contributed by atoms with E-state index in [1.165, 1.54) is 0 Å². The predicted octanol–water partition coefficient (Wildman–Crippen LogP) is 6.68. The van der Waals surface area contributed by atoms with Crippen molar-refractivity contribution in [3.8, 4) is 23.0 Å². The third-order valence-corrected chi connectivity index (χ3v) is 6.28. The van der Waals surface area contributed by atoms with Gasteiger partial charge in [-0.05, 0) is 107 Å². The topological polar surface area (TPSA) is 124 Å². The Hall–Kier alpha value is -5.12. The van der Waals surface area contributed by atoms with Crippen LogP contribution in [0.1, 0.15) is 66.8 Å². The Bertz CT molecular complexity index is 1520. The van der Waals surface area contributed by atoms with Crippen molar-refractivity contribution in [2.45, 2.75) is 47.5 Å². The quantitative estimate of drug-likeness (QED) is 0.0776. The minimum atomic E-state index is -0.556. The van der Waals surface area contributed by atoms with Crippen molar-refractivity contribution in [2.75, 3.05) is 26.4 Å². The number of esters is 4. The van der Waals surface area contributed by atoms with Crippen molar-refractivity contribution in [3.63, 3.8) is 0 Å². The largest absolute Gasteiger partial charge is 0.493 e. The second kappa shape index (κ2) is 16.8. The minimum absolute atomic E-state index is 0.220. The van der Waals surface area contributed by atoms with Gasteiger partial charge in [0, 0.05) is 18.4 Å². The van der Waals surface area contributed by atoms with Crippen LogP contribution in [0.4, 0.5) is 0 Å². The van der Waals surface area contributed by atoms with Crippen LogP contribution in [-0.2, 0) is 19.1 Å². The van der Waals surface area contributed by atoms with Gasteiger partial charge in [-0.1, -0.05) is 6.58 Å². The molecule has 0 aliphatic carbocycles. The number of carbonyl (C=O) groups excluding carboxylic acids is 4. The maximum atomic E-state index is 12.7. The average molecular weight is 633 g/mol. The molecule has 10 heteroatoms. The molecule has 0 unspecified atom stereocenters. The maximum absolute atomic E-state index is 12.7. The lowest BCUT2D eigenvalue weighted by Crippen LogP contribution is -2.23. The van der Waals surface area contributed by atoms with Crippen molar-refractivity contribution < 1.29 is 47.6 Å². The average Bonchev–Trinajstić information content (AvgIpc) is 3.01. The van der Waals surface area contributed by atoms with E-state index in [1.54, 1.807) is 101 Å². The van der Waals surface area contributed by atoms with Crippen molar-refractivity contribution in [2.24, 2.45) is 5.41 Å². The highest BCUT2D eigenvalue weighted by molar-refractivity contribution is 5.92. The third-order valence-electron chi connectivity index (χ3n) is 6.28. The summed E-state index contributed by atoms with van der Waals surface area (Å²) in [5.74, 6) is -0.0603. The van der Waals surface area contributed by atoms with Gasteiger partial charge in [0.1, 0.15) is 23.0 Å². The first-order valence-electron chi connectivity index (χ1n) is 14.8. The van der Waals surface area contributed by atoms with Gasteiger partial charge in [0.2, 0.25) is 0 Å². The summed E-state index contributed by atoms with van der Waals surface area (Å²) in [4.78, 5) is 48.5. The molecule has 0 aliphatic heterocycles. The van der Waals surface area contributed by atoms with Gasteiger partial charge in [0.15, 0.2) is 0 Å². The standard InChI is InChI=1S/C36H40O10/c1-24(2)32(37)43-21-7-19-41-29-15-11-27(12-16-29)34(39)46-31-18-17-30(23-25(31)3)45-33(38)26-9-13-28(14-10-26)42-20-8-22-44-35(40)36(4,5)6/h9-18,23H,1,7-8,19-22H2,2-6H3. The molecular formula is C36H40O10. The molecule has 3 aromatic carbocycles. The number of hydrogen-bond acceptors (Lipinski definition) is 10. The van der Waals surface area contributed by atoms with Gasteiger partial charge in [-0.25, -0.2) is 14.4 Å². The highest BCUT2D eigenvalue weighted by Gasteiger charge is 2.22. The van der Waals surface area contributed by atoms with Crippen LogP contribution in [0, 0.1) is 12.3 Å². The molecule has 0 N–H and O–H groups in total. The molecule has 0 bridgehead atoms. The van der Waals surface area contributed by atoms with E-state index < -0.39 is 23.3 Å². The highest BCUT2D eigenvalue weighted by Crippen LogP contribution is 2.26. The van der Waals surface area contributed by atoms with E-state index >= 15 is 0 Å². The lowest BCUT2D eigenvalue weighted by atomic mass is 9.97. The van der Waals surface area contributed by atoms with Crippen LogP contribution in [0.15, 0.2) is 78.9 Å². The van der Waals surface area contributed by atoms with Gasteiger partial charge in [0.25, 0.3) is 0 Å². The van der Waals surface area contributed by atoms with Gasteiger partial charge in [-0.3, -0.25) is 4.79 Å². The molecule has 0 aromatic heterocycles. The van der Waals surface area contributed by atoms with Crippen LogP contribution in [-0.4, -0.2) is 50.3 Å². The normalized spacial score (nSPS) is 10.8. The molecule has 244 valence electrons. The predicted molar refractivity (Wildman–Crippen MR) is 170 cm³/mol. The van der Waals surface area contributed by atoms with Crippen LogP contribution >= 0.6 is 0 Å². The molecule has 0 aliphatic rings. The van der Waals surface area contributed by atoms with Gasteiger partial charge < -0.3 is 28.4 Å². The van der Waals surface area contributed by atoms with E-state index in [9.17, 15) is 19.2 Å². The Morgan fingerprint density at radius 1 is 0.652 bits per heavy atom. The first kappa shape index (κ1) is 35.4. The summed E-state index contributed by atoms with van der Waals surface area (Å²) in [5, 5.41) is 0. The smallest absolute Gasteiger partial charge is 0.343 e. The molecule has 0 heterocycles. The maximum Gasteiger partial charge on any atom is 0.343 e. The van der Waals surface area contributed by atoms with Crippen LogP contribution < -0.4 is 18.9 Å². The molecule has 0 radical (unpaired) electrons. The summed E-state index contributed by atoms with van der Waals surface area (Å²) >= 11 is 0. The first-order chi connectivity index (χ1) is 21.8. The van der Waals surface area contributed by atoms with Crippen molar-refractivity contribution >= 4 is 23.9 Å². The zero-order valence-corrected chi connectivity index (χ0v) is 26.9. The number of ether oxygens (including phenoxy) is 6. The fraction of sp³-hybridized carbons (Fsp3) is 0.333. The van der Waals surface area contributed by atoms with Gasteiger partial charge in [-0.15, -0.1) is 0 Å². The molecule has 0 saturated carbocycles. The monoisotopic (exact) mass is 632 g/mol. The third kappa shape index (κ3) is 11.4. The number of hydrogen-bond donors (Lipinski definition) is 0. The fourth-order valence-electron chi connectivity index (χ4n) is 3.67. The Morgan fingerprint density at radius 3 is 1.61 bits per heavy atom. The summed E-state index contributed by atoms with van der Waals surface area (Å²) in [6.07, 6.45) is 1.05. The zero-order chi connectivity index (χ0) is 33.7. The summed E-state index contributed by atoms with van der Waals surface area (Å²) in [6, 6.07) is 17.7. The Labute approximate surface area is 269 Å².